The van der Waals surface area contributed by atoms with E-state index in [9.17, 15) is 9.18 Å². The van der Waals surface area contributed by atoms with Crippen molar-refractivity contribution in [2.75, 3.05) is 11.4 Å². The van der Waals surface area contributed by atoms with Crippen molar-refractivity contribution >= 4 is 5.95 Å². The van der Waals surface area contributed by atoms with E-state index in [2.05, 4.69) is 20.1 Å². The molecule has 3 aromatic rings. The van der Waals surface area contributed by atoms with Gasteiger partial charge in [-0.25, -0.2) is 24.0 Å². The maximum atomic E-state index is 13.0. The van der Waals surface area contributed by atoms with E-state index in [1.54, 1.807) is 29.4 Å². The van der Waals surface area contributed by atoms with Crippen LogP contribution in [0.4, 0.5) is 10.3 Å². The number of anilines is 1. The minimum Gasteiger partial charge on any atom is -0.336 e. The molecule has 9 heteroatoms. The van der Waals surface area contributed by atoms with Gasteiger partial charge in [0, 0.05) is 25.0 Å². The second kappa shape index (κ2) is 6.42. The van der Waals surface area contributed by atoms with Gasteiger partial charge >= 0.3 is 0 Å². The summed E-state index contributed by atoms with van der Waals surface area (Å²) < 4.78 is 16.2. The third-order valence-corrected chi connectivity index (χ3v) is 4.25. The highest BCUT2D eigenvalue weighted by Gasteiger charge is 2.27. The number of nitrogens with zero attached hydrogens (tertiary/aromatic N) is 7. The number of halogens is 1. The Morgan fingerprint density at radius 3 is 2.84 bits per heavy atom. The van der Waals surface area contributed by atoms with Gasteiger partial charge in [-0.15, -0.1) is 0 Å². The van der Waals surface area contributed by atoms with E-state index in [0.717, 1.165) is 31.8 Å². The minimum atomic E-state index is -0.467. The molecule has 1 saturated heterocycles. The number of rotatable bonds is 4. The van der Waals surface area contributed by atoms with Crippen molar-refractivity contribution in [3.63, 3.8) is 0 Å². The topological polar surface area (TPSA) is 81.7 Å². The first kappa shape index (κ1) is 15.4. The average molecular weight is 341 g/mol. The van der Waals surface area contributed by atoms with Crippen LogP contribution in [0.15, 0.2) is 48.0 Å². The standard InChI is InChI=1S/C16H16FN7O/c17-12-8-19-16(20-9-12)23-6-1-2-13(23)10-24-15(25)4-3-14(21-24)22-7-5-18-11-22/h3-5,7-9,11,13H,1-2,6,10H2. The lowest BCUT2D eigenvalue weighted by Gasteiger charge is -2.24. The summed E-state index contributed by atoms with van der Waals surface area (Å²) in [6.07, 6.45) is 9.22. The van der Waals surface area contributed by atoms with E-state index in [1.807, 2.05) is 4.90 Å². The summed E-state index contributed by atoms with van der Waals surface area (Å²) in [6.45, 7) is 1.19. The third kappa shape index (κ3) is 3.12. The molecule has 3 aromatic heterocycles. The third-order valence-electron chi connectivity index (χ3n) is 4.25. The van der Waals surface area contributed by atoms with Gasteiger partial charge in [-0.05, 0) is 18.9 Å². The molecule has 128 valence electrons. The summed E-state index contributed by atoms with van der Waals surface area (Å²) in [5.74, 6) is 0.632. The van der Waals surface area contributed by atoms with Gasteiger partial charge in [0.05, 0.1) is 25.0 Å². The van der Waals surface area contributed by atoms with Crippen LogP contribution in [0.1, 0.15) is 12.8 Å². The van der Waals surface area contributed by atoms with Crippen LogP contribution in [0.2, 0.25) is 0 Å². The summed E-state index contributed by atoms with van der Waals surface area (Å²) in [5.41, 5.74) is -0.171. The Morgan fingerprint density at radius 1 is 1.24 bits per heavy atom. The largest absolute Gasteiger partial charge is 0.336 e. The zero-order chi connectivity index (χ0) is 17.2. The van der Waals surface area contributed by atoms with E-state index >= 15 is 0 Å². The number of hydrogen-bond donors (Lipinski definition) is 0. The molecule has 4 heterocycles. The lowest BCUT2D eigenvalue weighted by Crippen LogP contribution is -2.38. The Labute approximate surface area is 142 Å². The first-order chi connectivity index (χ1) is 12.2. The maximum Gasteiger partial charge on any atom is 0.266 e. The Balaban J connectivity index is 1.59. The van der Waals surface area contributed by atoms with E-state index in [4.69, 9.17) is 0 Å². The molecule has 1 aliphatic rings. The zero-order valence-corrected chi connectivity index (χ0v) is 13.4. The molecule has 0 aromatic carbocycles. The monoisotopic (exact) mass is 341 g/mol. The van der Waals surface area contributed by atoms with Crippen molar-refractivity contribution in [1.82, 2.24) is 29.3 Å². The van der Waals surface area contributed by atoms with E-state index in [1.165, 1.54) is 10.7 Å². The van der Waals surface area contributed by atoms with Crippen LogP contribution in [0, 0.1) is 5.82 Å². The van der Waals surface area contributed by atoms with Gasteiger partial charge in [0.2, 0.25) is 5.95 Å². The molecule has 0 N–H and O–H groups in total. The molecule has 25 heavy (non-hydrogen) atoms. The van der Waals surface area contributed by atoms with Crippen LogP contribution < -0.4 is 10.5 Å². The van der Waals surface area contributed by atoms with Crippen molar-refractivity contribution in [3.05, 3.63) is 59.4 Å². The van der Waals surface area contributed by atoms with E-state index in [0.29, 0.717) is 18.3 Å². The van der Waals surface area contributed by atoms with Crippen molar-refractivity contribution in [2.45, 2.75) is 25.4 Å². The van der Waals surface area contributed by atoms with Crippen LogP contribution in [0.3, 0.4) is 0 Å². The lowest BCUT2D eigenvalue weighted by molar-refractivity contribution is 0.482. The van der Waals surface area contributed by atoms with Crippen molar-refractivity contribution < 1.29 is 4.39 Å². The molecule has 1 aliphatic heterocycles. The fourth-order valence-electron chi connectivity index (χ4n) is 3.04. The van der Waals surface area contributed by atoms with Gasteiger partial charge in [0.25, 0.3) is 5.56 Å². The normalized spacial score (nSPS) is 17.2. The first-order valence-corrected chi connectivity index (χ1v) is 8.01. The zero-order valence-electron chi connectivity index (χ0n) is 13.4. The Hall–Kier alpha value is -3.10. The average Bonchev–Trinajstić information content (AvgIpc) is 3.29. The Kier molecular flexibility index (Phi) is 3.96. The van der Waals surface area contributed by atoms with E-state index < -0.39 is 5.82 Å². The van der Waals surface area contributed by atoms with Gasteiger partial charge in [-0.2, -0.15) is 5.10 Å². The molecule has 0 saturated carbocycles. The molecule has 0 spiro atoms. The predicted molar refractivity (Wildman–Crippen MR) is 88.0 cm³/mol. The van der Waals surface area contributed by atoms with Crippen molar-refractivity contribution in [1.29, 1.82) is 0 Å². The molecule has 0 amide bonds. The molecule has 0 radical (unpaired) electrons. The van der Waals surface area contributed by atoms with Crippen LogP contribution in [0.25, 0.3) is 5.82 Å². The first-order valence-electron chi connectivity index (χ1n) is 8.01. The second-order valence-corrected chi connectivity index (χ2v) is 5.87. The maximum absolute atomic E-state index is 13.0. The van der Waals surface area contributed by atoms with Crippen LogP contribution in [0.5, 0.6) is 0 Å². The fraction of sp³-hybridized carbons (Fsp3) is 0.312. The molecule has 0 aliphatic carbocycles. The highest BCUT2D eigenvalue weighted by atomic mass is 19.1. The summed E-state index contributed by atoms with van der Waals surface area (Å²) >= 11 is 0. The molecule has 1 atom stereocenters. The van der Waals surface area contributed by atoms with Crippen molar-refractivity contribution in [2.24, 2.45) is 0 Å². The van der Waals surface area contributed by atoms with Gasteiger partial charge in [0.15, 0.2) is 11.6 Å². The summed E-state index contributed by atoms with van der Waals surface area (Å²) in [4.78, 5) is 26.3. The van der Waals surface area contributed by atoms with Crippen LogP contribution in [-0.4, -0.2) is 41.9 Å². The summed E-state index contributed by atoms with van der Waals surface area (Å²) in [6, 6.07) is 3.19. The number of hydrogen-bond acceptors (Lipinski definition) is 6. The molecule has 4 rings (SSSR count). The van der Waals surface area contributed by atoms with E-state index in [-0.39, 0.29) is 11.6 Å². The van der Waals surface area contributed by atoms with Crippen LogP contribution in [-0.2, 0) is 6.54 Å². The molecular formula is C16H16FN7O. The van der Waals surface area contributed by atoms with Gasteiger partial charge in [-0.1, -0.05) is 0 Å². The smallest absolute Gasteiger partial charge is 0.266 e. The highest BCUT2D eigenvalue weighted by molar-refractivity contribution is 5.32. The van der Waals surface area contributed by atoms with Gasteiger partial charge in [-0.3, -0.25) is 9.36 Å². The molecular weight excluding hydrogens is 325 g/mol. The van der Waals surface area contributed by atoms with Crippen LogP contribution >= 0.6 is 0 Å². The summed E-state index contributed by atoms with van der Waals surface area (Å²) in [7, 11) is 0. The summed E-state index contributed by atoms with van der Waals surface area (Å²) in [5, 5.41) is 4.42. The van der Waals surface area contributed by atoms with Gasteiger partial charge in [0.1, 0.15) is 6.33 Å². The fourth-order valence-corrected chi connectivity index (χ4v) is 3.04. The minimum absolute atomic E-state index is 0.0358. The SMILES string of the molecule is O=c1ccc(-n2ccnc2)nn1CC1CCCN1c1ncc(F)cn1. The molecule has 1 unspecified atom stereocenters. The second-order valence-electron chi connectivity index (χ2n) is 5.87. The van der Waals surface area contributed by atoms with Gasteiger partial charge < -0.3 is 4.90 Å². The molecule has 0 bridgehead atoms. The lowest BCUT2D eigenvalue weighted by atomic mass is 10.2. The van der Waals surface area contributed by atoms with Crippen molar-refractivity contribution in [3.8, 4) is 5.82 Å². The Morgan fingerprint density at radius 2 is 2.08 bits per heavy atom. The molecule has 8 nitrogen and oxygen atoms in total. The quantitative estimate of drug-likeness (QED) is 0.705. The Bertz CT molecular complexity index is 907. The highest BCUT2D eigenvalue weighted by Crippen LogP contribution is 2.22. The number of imidazole rings is 1. The number of aromatic nitrogens is 6. The predicted octanol–water partition coefficient (Wildman–Crippen LogP) is 1.03. The molecule has 1 fully saturated rings.